The van der Waals surface area contributed by atoms with E-state index in [1.54, 1.807) is 4.90 Å². The molecule has 2 nitrogen and oxygen atoms in total. The number of rotatable bonds is 2. The molecule has 0 bridgehead atoms. The highest BCUT2D eigenvalue weighted by atomic mass is 79.9. The summed E-state index contributed by atoms with van der Waals surface area (Å²) in [5.41, 5.74) is -0.403. The predicted molar refractivity (Wildman–Crippen MR) is 56.6 cm³/mol. The summed E-state index contributed by atoms with van der Waals surface area (Å²) in [6.45, 7) is 4.68. The van der Waals surface area contributed by atoms with E-state index in [0.29, 0.717) is 6.42 Å². The number of carbonyl (C=O) groups excluding carboxylic acids is 1. The molecule has 0 aromatic rings. The molecule has 0 spiro atoms. The van der Waals surface area contributed by atoms with Gasteiger partial charge in [0.25, 0.3) is 0 Å². The smallest absolute Gasteiger partial charge is 0.225 e. The zero-order valence-corrected chi connectivity index (χ0v) is 9.60. The molecule has 0 saturated carbocycles. The number of nitrogens with zero attached hydrogens (tertiary/aromatic N) is 1. The van der Waals surface area contributed by atoms with E-state index >= 15 is 0 Å². The van der Waals surface area contributed by atoms with Crippen molar-refractivity contribution in [1.82, 2.24) is 4.90 Å². The zero-order chi connectivity index (χ0) is 10.1. The number of alkyl halides is 1. The predicted octanol–water partition coefficient (Wildman–Crippen LogP) is 1.78. The molecule has 1 aliphatic heterocycles. The van der Waals surface area contributed by atoms with Gasteiger partial charge in [-0.2, -0.15) is 0 Å². The summed E-state index contributed by atoms with van der Waals surface area (Å²) in [7, 11) is 0. The molecule has 1 aliphatic rings. The van der Waals surface area contributed by atoms with Crippen LogP contribution in [0, 0.1) is 12.3 Å². The first-order valence-electron chi connectivity index (χ1n) is 4.46. The second kappa shape index (κ2) is 3.71. The summed E-state index contributed by atoms with van der Waals surface area (Å²) in [5, 5.41) is 0. The summed E-state index contributed by atoms with van der Waals surface area (Å²) < 4.78 is 0. The summed E-state index contributed by atoms with van der Waals surface area (Å²) in [6.07, 6.45) is 6.81. The van der Waals surface area contributed by atoms with Crippen LogP contribution in [0.1, 0.15) is 26.7 Å². The molecule has 3 heteroatoms. The van der Waals surface area contributed by atoms with E-state index in [-0.39, 0.29) is 10.7 Å². The molecule has 1 fully saturated rings. The van der Waals surface area contributed by atoms with Gasteiger partial charge >= 0.3 is 0 Å². The van der Waals surface area contributed by atoms with Gasteiger partial charge in [-0.25, -0.2) is 0 Å². The second-order valence-corrected chi connectivity index (χ2v) is 4.87. The molecule has 1 saturated heterocycles. The van der Waals surface area contributed by atoms with Crippen molar-refractivity contribution in [2.24, 2.45) is 0 Å². The molecule has 0 N–H and O–H groups in total. The molecule has 72 valence electrons. The molecular weight excluding hydrogens is 230 g/mol. The zero-order valence-electron chi connectivity index (χ0n) is 8.01. The number of carbonyl (C=O) groups is 1. The van der Waals surface area contributed by atoms with Gasteiger partial charge in [0.2, 0.25) is 5.91 Å². The second-order valence-electron chi connectivity index (χ2n) is 3.58. The van der Waals surface area contributed by atoms with E-state index in [2.05, 4.69) is 21.9 Å². The maximum absolute atomic E-state index is 11.5. The Bertz CT molecular complexity index is 258. The Morgan fingerprint density at radius 1 is 1.85 bits per heavy atom. The number of amides is 1. The molecular formula is C10H14BrNO. The Balaban J connectivity index is 2.83. The molecule has 2 atom stereocenters. The SMILES string of the molecule is C#CC(C)(CC)N1CC(Br)CC1=O. The minimum atomic E-state index is -0.403. The van der Waals surface area contributed by atoms with Gasteiger partial charge in [0.15, 0.2) is 0 Å². The van der Waals surface area contributed by atoms with Crippen LogP contribution < -0.4 is 0 Å². The van der Waals surface area contributed by atoms with E-state index in [4.69, 9.17) is 6.42 Å². The summed E-state index contributed by atoms with van der Waals surface area (Å²) in [6, 6.07) is 0. The highest BCUT2D eigenvalue weighted by molar-refractivity contribution is 9.09. The number of hydrogen-bond donors (Lipinski definition) is 0. The van der Waals surface area contributed by atoms with E-state index in [1.807, 2.05) is 13.8 Å². The van der Waals surface area contributed by atoms with Gasteiger partial charge in [0.05, 0.1) is 0 Å². The van der Waals surface area contributed by atoms with Crippen LogP contribution in [0.3, 0.4) is 0 Å². The fourth-order valence-corrected chi connectivity index (χ4v) is 2.08. The minimum absolute atomic E-state index is 0.157. The number of likely N-dealkylation sites (tertiary alicyclic amines) is 1. The van der Waals surface area contributed by atoms with Crippen LogP contribution in [0.2, 0.25) is 0 Å². The van der Waals surface area contributed by atoms with Crippen molar-refractivity contribution < 1.29 is 4.79 Å². The third-order valence-corrected chi connectivity index (χ3v) is 3.29. The molecule has 13 heavy (non-hydrogen) atoms. The van der Waals surface area contributed by atoms with Crippen molar-refractivity contribution in [3.8, 4) is 12.3 Å². The van der Waals surface area contributed by atoms with Crippen LogP contribution in [-0.4, -0.2) is 27.7 Å². The van der Waals surface area contributed by atoms with Crippen molar-refractivity contribution in [3.05, 3.63) is 0 Å². The van der Waals surface area contributed by atoms with Gasteiger partial charge in [-0.05, 0) is 13.3 Å². The lowest BCUT2D eigenvalue weighted by Gasteiger charge is -2.33. The van der Waals surface area contributed by atoms with Crippen molar-refractivity contribution in [2.45, 2.75) is 37.1 Å². The van der Waals surface area contributed by atoms with Gasteiger partial charge in [-0.3, -0.25) is 4.79 Å². The Labute approximate surface area is 87.8 Å². The van der Waals surface area contributed by atoms with Gasteiger partial charge in [0.1, 0.15) is 5.54 Å². The first kappa shape index (κ1) is 10.6. The molecule has 0 radical (unpaired) electrons. The Hall–Kier alpha value is -0.490. The van der Waals surface area contributed by atoms with Crippen molar-refractivity contribution in [2.75, 3.05) is 6.54 Å². The normalized spacial score (nSPS) is 27.1. The summed E-state index contributed by atoms with van der Waals surface area (Å²) in [4.78, 5) is 13.6. The Morgan fingerprint density at radius 2 is 2.46 bits per heavy atom. The van der Waals surface area contributed by atoms with E-state index in [0.717, 1.165) is 13.0 Å². The van der Waals surface area contributed by atoms with Gasteiger partial charge in [-0.15, -0.1) is 6.42 Å². The highest BCUT2D eigenvalue weighted by Crippen LogP contribution is 2.27. The molecule has 0 aromatic heterocycles. The monoisotopic (exact) mass is 243 g/mol. The first-order valence-corrected chi connectivity index (χ1v) is 5.37. The number of terminal acetylenes is 1. The minimum Gasteiger partial charge on any atom is -0.325 e. The van der Waals surface area contributed by atoms with E-state index in [1.165, 1.54) is 0 Å². The number of hydrogen-bond acceptors (Lipinski definition) is 1. The van der Waals surface area contributed by atoms with Crippen molar-refractivity contribution in [3.63, 3.8) is 0 Å². The lowest BCUT2D eigenvalue weighted by atomic mass is 9.98. The third kappa shape index (κ3) is 1.88. The molecule has 0 aliphatic carbocycles. The number of halogens is 1. The van der Waals surface area contributed by atoms with Gasteiger partial charge in [-0.1, -0.05) is 28.8 Å². The fraction of sp³-hybridized carbons (Fsp3) is 0.700. The van der Waals surface area contributed by atoms with Crippen molar-refractivity contribution in [1.29, 1.82) is 0 Å². The molecule has 0 aromatic carbocycles. The highest BCUT2D eigenvalue weighted by Gasteiger charge is 2.38. The van der Waals surface area contributed by atoms with Crippen LogP contribution >= 0.6 is 15.9 Å². The molecule has 1 rings (SSSR count). The van der Waals surface area contributed by atoms with Crippen LogP contribution in [0.15, 0.2) is 0 Å². The summed E-state index contributed by atoms with van der Waals surface area (Å²) >= 11 is 3.44. The maximum atomic E-state index is 11.5. The van der Waals surface area contributed by atoms with Crippen LogP contribution in [-0.2, 0) is 4.79 Å². The van der Waals surface area contributed by atoms with E-state index in [9.17, 15) is 4.79 Å². The van der Waals surface area contributed by atoms with E-state index < -0.39 is 5.54 Å². The molecule has 1 amide bonds. The average Bonchev–Trinajstić information content (AvgIpc) is 2.44. The lowest BCUT2D eigenvalue weighted by Crippen LogP contribution is -2.45. The average molecular weight is 244 g/mol. The Morgan fingerprint density at radius 3 is 2.77 bits per heavy atom. The standard InChI is InChI=1S/C10H14BrNO/c1-4-10(3,5-2)12-7-8(11)6-9(12)13/h1,8H,5-7H2,2-3H3. The van der Waals surface area contributed by atoms with Crippen LogP contribution in [0.5, 0.6) is 0 Å². The van der Waals surface area contributed by atoms with Gasteiger partial charge < -0.3 is 4.90 Å². The Kier molecular flexibility index (Phi) is 3.02. The maximum Gasteiger partial charge on any atom is 0.225 e. The fourth-order valence-electron chi connectivity index (χ4n) is 1.51. The van der Waals surface area contributed by atoms with Crippen LogP contribution in [0.25, 0.3) is 0 Å². The largest absolute Gasteiger partial charge is 0.325 e. The quantitative estimate of drug-likeness (QED) is 0.535. The lowest BCUT2D eigenvalue weighted by molar-refractivity contribution is -0.131. The topological polar surface area (TPSA) is 20.3 Å². The third-order valence-electron chi connectivity index (χ3n) is 2.67. The molecule has 1 heterocycles. The first-order chi connectivity index (χ1) is 6.03. The molecule has 2 unspecified atom stereocenters. The van der Waals surface area contributed by atoms with Gasteiger partial charge in [0, 0.05) is 17.8 Å². The van der Waals surface area contributed by atoms with Crippen LogP contribution in [0.4, 0.5) is 0 Å². The summed E-state index contributed by atoms with van der Waals surface area (Å²) in [5.74, 6) is 2.86. The van der Waals surface area contributed by atoms with Crippen molar-refractivity contribution >= 4 is 21.8 Å².